The van der Waals surface area contributed by atoms with E-state index in [0.717, 1.165) is 11.1 Å². The second-order valence-electron chi connectivity index (χ2n) is 4.76. The van der Waals surface area contributed by atoms with E-state index in [1.54, 1.807) is 31.3 Å². The topological polar surface area (TPSA) is 38.8 Å². The first-order valence-corrected chi connectivity index (χ1v) is 6.85. The maximum absolute atomic E-state index is 12.1. The molecular formula is C17H23NO3. The van der Waals surface area contributed by atoms with Crippen LogP contribution in [0.5, 0.6) is 11.5 Å². The molecule has 1 amide bonds. The number of amides is 1. The molecule has 0 aliphatic carbocycles. The molecule has 0 radical (unpaired) electrons. The molecule has 114 valence electrons. The van der Waals surface area contributed by atoms with Crippen molar-refractivity contribution in [3.63, 3.8) is 0 Å². The highest BCUT2D eigenvalue weighted by Crippen LogP contribution is 2.27. The van der Waals surface area contributed by atoms with Gasteiger partial charge in [-0.25, -0.2) is 0 Å². The molecule has 0 saturated heterocycles. The van der Waals surface area contributed by atoms with Gasteiger partial charge in [-0.1, -0.05) is 18.2 Å². The largest absolute Gasteiger partial charge is 0.493 e. The van der Waals surface area contributed by atoms with E-state index in [1.165, 1.54) is 0 Å². The van der Waals surface area contributed by atoms with E-state index in [2.05, 4.69) is 6.58 Å². The van der Waals surface area contributed by atoms with Gasteiger partial charge in [0.25, 0.3) is 0 Å². The molecule has 0 aromatic heterocycles. The summed E-state index contributed by atoms with van der Waals surface area (Å²) in [5, 5.41) is 0. The molecule has 0 aliphatic heterocycles. The van der Waals surface area contributed by atoms with Crippen LogP contribution in [0.2, 0.25) is 0 Å². The monoisotopic (exact) mass is 289 g/mol. The zero-order valence-corrected chi connectivity index (χ0v) is 13.2. The Balaban J connectivity index is 2.84. The molecule has 1 aromatic carbocycles. The molecule has 0 bridgehead atoms. The third-order valence-electron chi connectivity index (χ3n) is 2.98. The van der Waals surface area contributed by atoms with Crippen molar-refractivity contribution in [1.82, 2.24) is 4.90 Å². The summed E-state index contributed by atoms with van der Waals surface area (Å²) < 4.78 is 10.4. The van der Waals surface area contributed by atoms with Gasteiger partial charge in [0, 0.05) is 19.2 Å². The average molecular weight is 289 g/mol. The van der Waals surface area contributed by atoms with Crippen LogP contribution in [0.4, 0.5) is 0 Å². The average Bonchev–Trinajstić information content (AvgIpc) is 2.49. The number of rotatable bonds is 7. The van der Waals surface area contributed by atoms with E-state index in [-0.39, 0.29) is 5.91 Å². The summed E-state index contributed by atoms with van der Waals surface area (Å²) in [7, 11) is 3.18. The van der Waals surface area contributed by atoms with Crippen LogP contribution in [0.3, 0.4) is 0 Å². The fourth-order valence-corrected chi connectivity index (χ4v) is 1.90. The van der Waals surface area contributed by atoms with Crippen LogP contribution < -0.4 is 9.47 Å². The summed E-state index contributed by atoms with van der Waals surface area (Å²) in [6, 6.07) is 5.52. The molecule has 4 nitrogen and oxygen atoms in total. The van der Waals surface area contributed by atoms with Crippen molar-refractivity contribution in [2.24, 2.45) is 0 Å². The smallest absolute Gasteiger partial charge is 0.246 e. The lowest BCUT2D eigenvalue weighted by Gasteiger charge is -2.18. The number of likely N-dealkylation sites (N-methyl/N-ethyl adjacent to an activating group) is 1. The van der Waals surface area contributed by atoms with Crippen LogP contribution in [-0.4, -0.2) is 38.1 Å². The van der Waals surface area contributed by atoms with Crippen molar-refractivity contribution in [3.05, 3.63) is 42.0 Å². The van der Waals surface area contributed by atoms with Crippen molar-refractivity contribution in [2.45, 2.75) is 13.8 Å². The summed E-state index contributed by atoms with van der Waals surface area (Å²) >= 11 is 0. The van der Waals surface area contributed by atoms with Crippen molar-refractivity contribution in [2.75, 3.05) is 27.3 Å². The molecule has 0 N–H and O–H groups in total. The number of hydrogen-bond donors (Lipinski definition) is 0. The minimum Gasteiger partial charge on any atom is -0.493 e. The number of carbonyl (C=O) groups excluding carboxylic acids is 1. The first-order chi connectivity index (χ1) is 10.0. The minimum atomic E-state index is -0.0321. The van der Waals surface area contributed by atoms with Crippen LogP contribution in [-0.2, 0) is 4.79 Å². The van der Waals surface area contributed by atoms with Gasteiger partial charge in [0.05, 0.1) is 14.2 Å². The van der Waals surface area contributed by atoms with Crippen LogP contribution in [0.15, 0.2) is 36.4 Å². The third kappa shape index (κ3) is 4.99. The molecule has 0 fully saturated rings. The highest BCUT2D eigenvalue weighted by atomic mass is 16.5. The lowest BCUT2D eigenvalue weighted by atomic mass is 10.2. The Morgan fingerprint density at radius 1 is 1.29 bits per heavy atom. The van der Waals surface area contributed by atoms with Crippen LogP contribution in [0.25, 0.3) is 6.08 Å². The lowest BCUT2D eigenvalue weighted by Crippen LogP contribution is -2.30. The molecule has 1 aromatic rings. The Morgan fingerprint density at radius 2 is 1.95 bits per heavy atom. The fraction of sp³-hybridized carbons (Fsp3) is 0.353. The Morgan fingerprint density at radius 3 is 2.48 bits per heavy atom. The number of carbonyl (C=O) groups is 1. The van der Waals surface area contributed by atoms with Gasteiger partial charge in [-0.15, -0.1) is 0 Å². The summed E-state index contributed by atoms with van der Waals surface area (Å²) in [4.78, 5) is 13.8. The van der Waals surface area contributed by atoms with E-state index in [1.807, 2.05) is 32.0 Å². The second-order valence-corrected chi connectivity index (χ2v) is 4.76. The van der Waals surface area contributed by atoms with Gasteiger partial charge in [0.1, 0.15) is 0 Å². The van der Waals surface area contributed by atoms with Gasteiger partial charge in [-0.3, -0.25) is 4.79 Å². The molecule has 0 heterocycles. The molecule has 0 spiro atoms. The van der Waals surface area contributed by atoms with E-state index < -0.39 is 0 Å². The van der Waals surface area contributed by atoms with E-state index in [0.29, 0.717) is 24.6 Å². The predicted molar refractivity (Wildman–Crippen MR) is 85.6 cm³/mol. The number of nitrogens with zero attached hydrogens (tertiary/aromatic N) is 1. The summed E-state index contributed by atoms with van der Waals surface area (Å²) in [6.45, 7) is 8.93. The number of hydrogen-bond acceptors (Lipinski definition) is 3. The first-order valence-electron chi connectivity index (χ1n) is 6.85. The molecule has 21 heavy (non-hydrogen) atoms. The molecule has 0 atom stereocenters. The maximum Gasteiger partial charge on any atom is 0.246 e. The quantitative estimate of drug-likeness (QED) is 0.572. The highest BCUT2D eigenvalue weighted by molar-refractivity contribution is 5.92. The van der Waals surface area contributed by atoms with Crippen molar-refractivity contribution in [3.8, 4) is 11.5 Å². The van der Waals surface area contributed by atoms with E-state index in [9.17, 15) is 4.79 Å². The van der Waals surface area contributed by atoms with Gasteiger partial charge >= 0.3 is 0 Å². The minimum absolute atomic E-state index is 0.0321. The van der Waals surface area contributed by atoms with Gasteiger partial charge < -0.3 is 14.4 Å². The van der Waals surface area contributed by atoms with Crippen LogP contribution in [0, 0.1) is 0 Å². The van der Waals surface area contributed by atoms with Crippen molar-refractivity contribution >= 4 is 12.0 Å². The number of methoxy groups -OCH3 is 2. The van der Waals surface area contributed by atoms with Crippen LogP contribution >= 0.6 is 0 Å². The SMILES string of the molecule is C=C(C)CN(CC)C(=O)C=Cc1ccc(OC)c(OC)c1. The standard InChI is InChI=1S/C17H23NO3/c1-6-18(12-13(2)3)17(19)10-8-14-7-9-15(20-4)16(11-14)21-5/h7-11H,2,6,12H2,1,3-5H3. The van der Waals surface area contributed by atoms with Gasteiger partial charge in [-0.2, -0.15) is 0 Å². The van der Waals surface area contributed by atoms with Gasteiger partial charge in [0.15, 0.2) is 11.5 Å². The zero-order chi connectivity index (χ0) is 15.8. The third-order valence-corrected chi connectivity index (χ3v) is 2.98. The summed E-state index contributed by atoms with van der Waals surface area (Å²) in [6.07, 6.45) is 3.33. The molecule has 1 rings (SSSR count). The summed E-state index contributed by atoms with van der Waals surface area (Å²) in [5.41, 5.74) is 1.84. The first kappa shape index (κ1) is 16.8. The normalized spacial score (nSPS) is 10.5. The number of ether oxygens (including phenoxy) is 2. The van der Waals surface area contributed by atoms with Crippen LogP contribution in [0.1, 0.15) is 19.4 Å². The summed E-state index contributed by atoms with van der Waals surface area (Å²) in [5.74, 6) is 1.27. The van der Waals surface area contributed by atoms with Gasteiger partial charge in [0.2, 0.25) is 5.91 Å². The predicted octanol–water partition coefficient (Wildman–Crippen LogP) is 3.14. The van der Waals surface area contributed by atoms with E-state index in [4.69, 9.17) is 9.47 Å². The zero-order valence-electron chi connectivity index (χ0n) is 13.2. The van der Waals surface area contributed by atoms with Crippen molar-refractivity contribution < 1.29 is 14.3 Å². The number of benzene rings is 1. The second kappa shape index (κ2) is 8.15. The van der Waals surface area contributed by atoms with Crippen molar-refractivity contribution in [1.29, 1.82) is 0 Å². The molecule has 4 heteroatoms. The molecular weight excluding hydrogens is 266 g/mol. The Labute approximate surface area is 126 Å². The molecule has 0 saturated carbocycles. The lowest BCUT2D eigenvalue weighted by molar-refractivity contribution is -0.125. The fourth-order valence-electron chi connectivity index (χ4n) is 1.90. The highest BCUT2D eigenvalue weighted by Gasteiger charge is 2.08. The Hall–Kier alpha value is -2.23. The Kier molecular flexibility index (Phi) is 6.53. The maximum atomic E-state index is 12.1. The van der Waals surface area contributed by atoms with E-state index >= 15 is 0 Å². The molecule has 0 unspecified atom stereocenters. The molecule has 0 aliphatic rings. The Bertz CT molecular complexity index is 535. The van der Waals surface area contributed by atoms with Gasteiger partial charge in [-0.05, 0) is 37.6 Å².